The summed E-state index contributed by atoms with van der Waals surface area (Å²) in [5.74, 6) is 0.538. The molecule has 1 aliphatic rings. The van der Waals surface area contributed by atoms with Crippen molar-refractivity contribution < 1.29 is 9.59 Å². The van der Waals surface area contributed by atoms with Gasteiger partial charge in [0.2, 0.25) is 0 Å². The van der Waals surface area contributed by atoms with Crippen LogP contribution in [0.1, 0.15) is 24.8 Å². The van der Waals surface area contributed by atoms with E-state index in [0.717, 1.165) is 23.6 Å². The molecule has 2 nitrogen and oxygen atoms in total. The van der Waals surface area contributed by atoms with Crippen molar-refractivity contribution in [3.63, 3.8) is 0 Å². The van der Waals surface area contributed by atoms with Gasteiger partial charge in [0.25, 0.3) is 0 Å². The first-order valence-corrected chi connectivity index (χ1v) is 6.70. The Bertz CT molecular complexity index is 411. The highest BCUT2D eigenvalue weighted by molar-refractivity contribution is 9.10. The van der Waals surface area contributed by atoms with E-state index in [-0.39, 0.29) is 11.8 Å². The summed E-state index contributed by atoms with van der Waals surface area (Å²) in [5, 5.41) is 0. The lowest BCUT2D eigenvalue weighted by Crippen LogP contribution is -2.27. The molecule has 1 saturated carbocycles. The topological polar surface area (TPSA) is 34.1 Å². The number of halogens is 1. The highest BCUT2D eigenvalue weighted by atomic mass is 79.9. The summed E-state index contributed by atoms with van der Waals surface area (Å²) in [6.07, 6.45) is 3.70. The van der Waals surface area contributed by atoms with E-state index in [9.17, 15) is 9.59 Å². The lowest BCUT2D eigenvalue weighted by atomic mass is 9.76. The molecule has 1 fully saturated rings. The second kappa shape index (κ2) is 5.58. The number of carbonyl (C=O) groups is 2. The Hall–Kier alpha value is -0.960. The van der Waals surface area contributed by atoms with Crippen molar-refractivity contribution >= 4 is 28.0 Å². The fourth-order valence-electron chi connectivity index (χ4n) is 2.44. The van der Waals surface area contributed by atoms with E-state index in [4.69, 9.17) is 0 Å². The number of Topliss-reactive ketones (excluding diaryl/α,β-unsaturated/α-hetero) is 1. The average molecular weight is 295 g/mol. The van der Waals surface area contributed by atoms with Crippen molar-refractivity contribution in [2.24, 2.45) is 11.8 Å². The minimum absolute atomic E-state index is 0.0522. The molecule has 0 saturated heterocycles. The zero-order valence-electron chi connectivity index (χ0n) is 9.56. The maximum absolute atomic E-state index is 11.5. The second-order valence-electron chi connectivity index (χ2n) is 4.67. The Morgan fingerprint density at radius 3 is 2.65 bits per heavy atom. The maximum atomic E-state index is 11.5. The van der Waals surface area contributed by atoms with Gasteiger partial charge in [-0.3, -0.25) is 4.79 Å². The summed E-state index contributed by atoms with van der Waals surface area (Å²) in [7, 11) is 0. The summed E-state index contributed by atoms with van der Waals surface area (Å²) >= 11 is 3.40. The van der Waals surface area contributed by atoms with Gasteiger partial charge in [0.1, 0.15) is 12.1 Å². The van der Waals surface area contributed by atoms with E-state index in [1.807, 2.05) is 24.3 Å². The Balaban J connectivity index is 2.07. The lowest BCUT2D eigenvalue weighted by Gasteiger charge is -2.26. The summed E-state index contributed by atoms with van der Waals surface area (Å²) < 4.78 is 1.05. The predicted molar refractivity (Wildman–Crippen MR) is 69.7 cm³/mol. The largest absolute Gasteiger partial charge is 0.303 e. The van der Waals surface area contributed by atoms with Gasteiger partial charge >= 0.3 is 0 Å². The van der Waals surface area contributed by atoms with Crippen molar-refractivity contribution in [3.8, 4) is 0 Å². The minimum atomic E-state index is 0.0522. The van der Waals surface area contributed by atoms with Crippen LogP contribution in [0.2, 0.25) is 0 Å². The molecule has 3 heteroatoms. The molecule has 0 radical (unpaired) electrons. The van der Waals surface area contributed by atoms with Gasteiger partial charge in [0.05, 0.1) is 0 Å². The van der Waals surface area contributed by atoms with Gasteiger partial charge in [-0.1, -0.05) is 28.1 Å². The third-order valence-corrected chi connectivity index (χ3v) is 3.97. The molecule has 0 spiro atoms. The zero-order chi connectivity index (χ0) is 12.3. The molecule has 0 bridgehead atoms. The SMILES string of the molecule is O=CC1CCC(=O)CC1Cc1ccc(Br)cc1. The first-order valence-electron chi connectivity index (χ1n) is 5.90. The molecule has 0 N–H and O–H groups in total. The molecule has 0 aliphatic heterocycles. The molecular weight excluding hydrogens is 280 g/mol. The minimum Gasteiger partial charge on any atom is -0.303 e. The molecule has 0 heterocycles. The van der Waals surface area contributed by atoms with Crippen LogP contribution in [0.15, 0.2) is 28.7 Å². The highest BCUT2D eigenvalue weighted by Crippen LogP contribution is 2.29. The third-order valence-electron chi connectivity index (χ3n) is 3.44. The number of benzene rings is 1. The van der Waals surface area contributed by atoms with Crippen molar-refractivity contribution in [1.82, 2.24) is 0 Å². The molecule has 2 unspecified atom stereocenters. The summed E-state index contributed by atoms with van der Waals surface area (Å²) in [6.45, 7) is 0. The van der Waals surface area contributed by atoms with Gasteiger partial charge in [-0.05, 0) is 36.5 Å². The Kier molecular flexibility index (Phi) is 4.11. The van der Waals surface area contributed by atoms with E-state index >= 15 is 0 Å². The molecular formula is C14H15BrO2. The molecule has 1 aromatic carbocycles. The van der Waals surface area contributed by atoms with Crippen LogP contribution >= 0.6 is 15.9 Å². The average Bonchev–Trinajstić information content (AvgIpc) is 2.32. The van der Waals surface area contributed by atoms with E-state index in [0.29, 0.717) is 18.6 Å². The molecule has 1 aromatic rings. The maximum Gasteiger partial charge on any atom is 0.133 e. The van der Waals surface area contributed by atoms with Gasteiger partial charge in [0, 0.05) is 23.2 Å². The van der Waals surface area contributed by atoms with Crippen molar-refractivity contribution in [2.45, 2.75) is 25.7 Å². The molecule has 0 aromatic heterocycles. The monoisotopic (exact) mass is 294 g/mol. The second-order valence-corrected chi connectivity index (χ2v) is 5.59. The van der Waals surface area contributed by atoms with Gasteiger partial charge in [-0.25, -0.2) is 0 Å². The quantitative estimate of drug-likeness (QED) is 0.803. The van der Waals surface area contributed by atoms with Crippen LogP contribution in [0.3, 0.4) is 0 Å². The van der Waals surface area contributed by atoms with Crippen LogP contribution in [0.25, 0.3) is 0 Å². The number of carbonyl (C=O) groups excluding carboxylic acids is 2. The van der Waals surface area contributed by atoms with E-state index < -0.39 is 0 Å². The molecule has 2 atom stereocenters. The third kappa shape index (κ3) is 3.25. The normalized spacial score (nSPS) is 24.6. The highest BCUT2D eigenvalue weighted by Gasteiger charge is 2.28. The smallest absolute Gasteiger partial charge is 0.133 e. The number of hydrogen-bond donors (Lipinski definition) is 0. The van der Waals surface area contributed by atoms with E-state index in [1.165, 1.54) is 5.56 Å². The number of rotatable bonds is 3. The fourth-order valence-corrected chi connectivity index (χ4v) is 2.70. The Morgan fingerprint density at radius 2 is 2.00 bits per heavy atom. The lowest BCUT2D eigenvalue weighted by molar-refractivity contribution is -0.124. The van der Waals surface area contributed by atoms with Crippen LogP contribution in [0.4, 0.5) is 0 Å². The molecule has 0 amide bonds. The van der Waals surface area contributed by atoms with Crippen LogP contribution < -0.4 is 0 Å². The van der Waals surface area contributed by atoms with Gasteiger partial charge in [-0.15, -0.1) is 0 Å². The van der Waals surface area contributed by atoms with Crippen LogP contribution in [0.5, 0.6) is 0 Å². The Labute approximate surface area is 110 Å². The van der Waals surface area contributed by atoms with Crippen molar-refractivity contribution in [3.05, 3.63) is 34.3 Å². The van der Waals surface area contributed by atoms with E-state index in [2.05, 4.69) is 15.9 Å². The van der Waals surface area contributed by atoms with Gasteiger partial charge in [0.15, 0.2) is 0 Å². The molecule has 2 rings (SSSR count). The van der Waals surface area contributed by atoms with Crippen LogP contribution in [-0.4, -0.2) is 12.1 Å². The van der Waals surface area contributed by atoms with Crippen molar-refractivity contribution in [1.29, 1.82) is 0 Å². The number of aldehydes is 1. The first-order chi connectivity index (χ1) is 8.19. The van der Waals surface area contributed by atoms with Crippen molar-refractivity contribution in [2.75, 3.05) is 0 Å². The molecule has 17 heavy (non-hydrogen) atoms. The molecule has 1 aliphatic carbocycles. The first kappa shape index (κ1) is 12.5. The van der Waals surface area contributed by atoms with Gasteiger partial charge in [-0.2, -0.15) is 0 Å². The molecule has 90 valence electrons. The van der Waals surface area contributed by atoms with Gasteiger partial charge < -0.3 is 4.79 Å². The standard InChI is InChI=1S/C14H15BrO2/c15-13-4-1-10(2-5-13)7-12-8-14(17)6-3-11(12)9-16/h1-2,4-5,9,11-12H,3,6-8H2. The fraction of sp³-hybridized carbons (Fsp3) is 0.429. The van der Waals surface area contributed by atoms with Crippen LogP contribution in [0, 0.1) is 11.8 Å². The van der Waals surface area contributed by atoms with E-state index in [1.54, 1.807) is 0 Å². The summed E-state index contributed by atoms with van der Waals surface area (Å²) in [4.78, 5) is 22.5. The summed E-state index contributed by atoms with van der Waals surface area (Å²) in [6, 6.07) is 8.09. The van der Waals surface area contributed by atoms with Crippen LogP contribution in [-0.2, 0) is 16.0 Å². The zero-order valence-corrected chi connectivity index (χ0v) is 11.2. The summed E-state index contributed by atoms with van der Waals surface area (Å²) in [5.41, 5.74) is 1.19. The number of hydrogen-bond acceptors (Lipinski definition) is 2. The predicted octanol–water partition coefficient (Wildman–Crippen LogP) is 3.18. The number of ketones is 1. The Morgan fingerprint density at radius 1 is 1.29 bits per heavy atom.